The Morgan fingerprint density at radius 1 is 1.29 bits per heavy atom. The van der Waals surface area contributed by atoms with Gasteiger partial charge in [-0.15, -0.1) is 0 Å². The van der Waals surface area contributed by atoms with Crippen LogP contribution in [-0.2, 0) is 0 Å². The van der Waals surface area contributed by atoms with Gasteiger partial charge in [0.2, 0.25) is 5.88 Å². The number of benzene rings is 1. The molecule has 88 valence electrons. The number of hydrogen-bond donors (Lipinski definition) is 1. The normalized spacial score (nSPS) is 10.3. The highest BCUT2D eigenvalue weighted by Crippen LogP contribution is 2.29. The van der Waals surface area contributed by atoms with Crippen molar-refractivity contribution in [3.63, 3.8) is 0 Å². The van der Waals surface area contributed by atoms with Crippen molar-refractivity contribution in [1.29, 1.82) is 0 Å². The van der Waals surface area contributed by atoms with Gasteiger partial charge in [-0.05, 0) is 41.1 Å². The smallest absolute Gasteiger partial charge is 0.219 e. The Bertz CT molecular complexity index is 560. The first-order valence-electron chi connectivity index (χ1n) is 4.92. The highest BCUT2D eigenvalue weighted by Gasteiger charge is 2.06. The van der Waals surface area contributed by atoms with Gasteiger partial charge in [-0.1, -0.05) is 0 Å². The summed E-state index contributed by atoms with van der Waals surface area (Å²) in [6.45, 7) is 1.78. The highest BCUT2D eigenvalue weighted by atomic mass is 79.9. The molecule has 17 heavy (non-hydrogen) atoms. The summed E-state index contributed by atoms with van der Waals surface area (Å²) in [6.07, 6.45) is 0. The molecule has 0 aliphatic carbocycles. The molecule has 0 atom stereocenters. The molecular formula is C12H10BrFN2O. The van der Waals surface area contributed by atoms with E-state index in [0.29, 0.717) is 27.5 Å². The van der Waals surface area contributed by atoms with Crippen molar-refractivity contribution in [2.45, 2.75) is 6.92 Å². The van der Waals surface area contributed by atoms with E-state index in [1.807, 2.05) is 0 Å². The molecule has 0 amide bonds. The quantitative estimate of drug-likeness (QED) is 0.920. The van der Waals surface area contributed by atoms with Crippen LogP contribution in [0.5, 0.6) is 11.6 Å². The van der Waals surface area contributed by atoms with E-state index in [4.69, 9.17) is 10.5 Å². The molecule has 0 saturated carbocycles. The second kappa shape index (κ2) is 4.71. The zero-order chi connectivity index (χ0) is 12.4. The zero-order valence-electron chi connectivity index (χ0n) is 9.08. The number of pyridine rings is 1. The molecule has 0 saturated heterocycles. The summed E-state index contributed by atoms with van der Waals surface area (Å²) in [5.41, 5.74) is 6.92. The van der Waals surface area contributed by atoms with Crippen LogP contribution in [0.1, 0.15) is 5.69 Å². The average molecular weight is 297 g/mol. The minimum absolute atomic E-state index is 0.365. The van der Waals surface area contributed by atoms with Crippen molar-refractivity contribution in [3.05, 3.63) is 46.3 Å². The minimum atomic E-state index is -0.365. The molecule has 2 aromatic rings. The predicted octanol–water partition coefficient (Wildman–Crippen LogP) is 3.67. The summed E-state index contributed by atoms with van der Waals surface area (Å²) in [4.78, 5) is 4.15. The van der Waals surface area contributed by atoms with Crippen LogP contribution in [0.3, 0.4) is 0 Å². The highest BCUT2D eigenvalue weighted by molar-refractivity contribution is 9.10. The van der Waals surface area contributed by atoms with Crippen molar-refractivity contribution in [1.82, 2.24) is 4.98 Å². The molecule has 0 radical (unpaired) electrons. The minimum Gasteiger partial charge on any atom is -0.438 e. The van der Waals surface area contributed by atoms with Crippen LogP contribution in [0.2, 0.25) is 0 Å². The Morgan fingerprint density at radius 2 is 2.06 bits per heavy atom. The van der Waals surface area contributed by atoms with Crippen molar-refractivity contribution in [3.8, 4) is 11.6 Å². The van der Waals surface area contributed by atoms with Gasteiger partial charge in [0, 0.05) is 12.1 Å². The van der Waals surface area contributed by atoms with Crippen LogP contribution < -0.4 is 10.5 Å². The van der Waals surface area contributed by atoms with Crippen molar-refractivity contribution in [2.24, 2.45) is 0 Å². The summed E-state index contributed by atoms with van der Waals surface area (Å²) in [6, 6.07) is 7.55. The number of ether oxygens (including phenoxy) is 1. The first-order chi connectivity index (χ1) is 8.06. The van der Waals surface area contributed by atoms with Gasteiger partial charge >= 0.3 is 0 Å². The largest absolute Gasteiger partial charge is 0.438 e. The lowest BCUT2D eigenvalue weighted by molar-refractivity contribution is 0.454. The third-order valence-electron chi connectivity index (χ3n) is 2.21. The van der Waals surface area contributed by atoms with Crippen LogP contribution in [0.15, 0.2) is 34.8 Å². The van der Waals surface area contributed by atoms with Gasteiger partial charge in [0.1, 0.15) is 11.6 Å². The third-order valence-corrected chi connectivity index (χ3v) is 2.86. The first kappa shape index (κ1) is 11.9. The molecule has 0 aliphatic rings. The maximum absolute atomic E-state index is 13.1. The van der Waals surface area contributed by atoms with Crippen LogP contribution in [0.4, 0.5) is 10.1 Å². The van der Waals surface area contributed by atoms with Gasteiger partial charge in [0.05, 0.1) is 15.9 Å². The van der Waals surface area contributed by atoms with E-state index >= 15 is 0 Å². The number of nitrogens with zero attached hydrogens (tertiary/aromatic N) is 1. The van der Waals surface area contributed by atoms with E-state index in [9.17, 15) is 4.39 Å². The summed E-state index contributed by atoms with van der Waals surface area (Å²) in [7, 11) is 0. The number of halogens is 2. The van der Waals surface area contributed by atoms with Crippen LogP contribution in [-0.4, -0.2) is 4.98 Å². The van der Waals surface area contributed by atoms with Gasteiger partial charge in [-0.3, -0.25) is 0 Å². The monoisotopic (exact) mass is 296 g/mol. The maximum Gasteiger partial charge on any atom is 0.219 e. The number of hydrogen-bond acceptors (Lipinski definition) is 3. The molecule has 1 aromatic heterocycles. The van der Waals surface area contributed by atoms with E-state index in [2.05, 4.69) is 20.9 Å². The van der Waals surface area contributed by atoms with E-state index in [1.165, 1.54) is 12.1 Å². The fraction of sp³-hybridized carbons (Fsp3) is 0.0833. The molecule has 0 aliphatic heterocycles. The molecule has 0 spiro atoms. The van der Waals surface area contributed by atoms with E-state index in [-0.39, 0.29) is 5.82 Å². The summed E-state index contributed by atoms with van der Waals surface area (Å²) >= 11 is 3.28. The summed E-state index contributed by atoms with van der Waals surface area (Å²) in [5.74, 6) is 0.389. The van der Waals surface area contributed by atoms with Crippen LogP contribution in [0, 0.1) is 12.7 Å². The summed E-state index contributed by atoms with van der Waals surface area (Å²) in [5, 5.41) is 0. The molecule has 0 bridgehead atoms. The number of nitrogens with two attached hydrogens (primary N) is 1. The zero-order valence-corrected chi connectivity index (χ0v) is 10.7. The lowest BCUT2D eigenvalue weighted by Gasteiger charge is -2.08. The molecule has 5 heteroatoms. The van der Waals surface area contributed by atoms with E-state index in [1.54, 1.807) is 25.1 Å². The second-order valence-electron chi connectivity index (χ2n) is 3.50. The molecule has 2 N–H and O–H groups in total. The Labute approximate surface area is 107 Å². The van der Waals surface area contributed by atoms with Crippen molar-refractivity contribution >= 4 is 21.6 Å². The van der Waals surface area contributed by atoms with Gasteiger partial charge in [0.25, 0.3) is 0 Å². The van der Waals surface area contributed by atoms with Crippen molar-refractivity contribution < 1.29 is 9.13 Å². The maximum atomic E-state index is 13.1. The van der Waals surface area contributed by atoms with Gasteiger partial charge in [-0.2, -0.15) is 0 Å². The molecule has 1 aromatic carbocycles. The van der Waals surface area contributed by atoms with E-state index in [0.717, 1.165) is 0 Å². The summed E-state index contributed by atoms with van der Waals surface area (Å²) < 4.78 is 19.2. The Hall–Kier alpha value is -1.62. The topological polar surface area (TPSA) is 48.1 Å². The number of aryl methyl sites for hydroxylation is 1. The second-order valence-corrected chi connectivity index (χ2v) is 4.36. The average Bonchev–Trinajstić information content (AvgIpc) is 2.29. The standard InChI is InChI=1S/C12H10BrFN2O/c1-7-10(15)4-5-12(16-7)17-11-6-8(14)2-3-9(11)13/h2-6H,15H2,1H3. The molecule has 0 unspecified atom stereocenters. The van der Waals surface area contributed by atoms with Crippen LogP contribution >= 0.6 is 15.9 Å². The predicted molar refractivity (Wildman–Crippen MR) is 67.6 cm³/mol. The fourth-order valence-corrected chi connectivity index (χ4v) is 1.60. The van der Waals surface area contributed by atoms with Crippen molar-refractivity contribution in [2.75, 3.05) is 5.73 Å². The Morgan fingerprint density at radius 3 is 2.76 bits per heavy atom. The number of rotatable bonds is 2. The Balaban J connectivity index is 2.31. The molecular weight excluding hydrogens is 287 g/mol. The first-order valence-corrected chi connectivity index (χ1v) is 5.71. The number of aromatic nitrogens is 1. The number of anilines is 1. The third kappa shape index (κ3) is 2.74. The van der Waals surface area contributed by atoms with Gasteiger partial charge < -0.3 is 10.5 Å². The SMILES string of the molecule is Cc1nc(Oc2cc(F)ccc2Br)ccc1N. The fourth-order valence-electron chi connectivity index (χ4n) is 1.27. The Kier molecular flexibility index (Phi) is 3.28. The number of nitrogen functional groups attached to an aromatic ring is 1. The lowest BCUT2D eigenvalue weighted by atomic mass is 10.3. The molecule has 3 nitrogen and oxygen atoms in total. The van der Waals surface area contributed by atoms with Gasteiger partial charge in [-0.25, -0.2) is 9.37 Å². The van der Waals surface area contributed by atoms with Gasteiger partial charge in [0.15, 0.2) is 0 Å². The molecule has 0 fully saturated rings. The molecule has 1 heterocycles. The van der Waals surface area contributed by atoms with E-state index < -0.39 is 0 Å². The van der Waals surface area contributed by atoms with Crippen LogP contribution in [0.25, 0.3) is 0 Å². The lowest BCUT2D eigenvalue weighted by Crippen LogP contribution is -1.95. The molecule has 2 rings (SSSR count).